The van der Waals surface area contributed by atoms with E-state index in [1.807, 2.05) is 66.7 Å². The molecule has 3 atom stereocenters. The van der Waals surface area contributed by atoms with Crippen LogP contribution in [0.2, 0.25) is 0 Å². The standard InChI is InChI=1S/C37H40N4O6/c1-26(43)38-23-31-4-2-3-5-35(31)28-10-12-30(13-11-28)37-46-34(22-36(47-37)29-8-6-27(25-42)7-9-29)24-39-18-20-40(21-19-39)32-14-16-33(17-15-32)41(44)45/h2-17,34,36-37,42H,18-25H2,1H3,(H,38,43). The fourth-order valence-electron chi connectivity index (χ4n) is 6.29. The number of carbonyl (C=O) groups is 1. The molecule has 0 spiro atoms. The number of nitro groups is 1. The number of nitrogens with one attached hydrogen (secondary N) is 1. The lowest BCUT2D eigenvalue weighted by Crippen LogP contribution is -2.49. The highest BCUT2D eigenvalue weighted by atomic mass is 16.7. The maximum Gasteiger partial charge on any atom is 0.269 e. The Hall–Kier alpha value is -4.61. The lowest BCUT2D eigenvalue weighted by molar-refractivity contribution is -0.384. The number of rotatable bonds is 10. The number of amides is 1. The molecule has 244 valence electrons. The first-order chi connectivity index (χ1) is 22.9. The third-order valence-corrected chi connectivity index (χ3v) is 8.91. The average Bonchev–Trinajstić information content (AvgIpc) is 3.11. The number of hydrogen-bond acceptors (Lipinski definition) is 8. The van der Waals surface area contributed by atoms with E-state index in [9.17, 15) is 20.0 Å². The van der Waals surface area contributed by atoms with Gasteiger partial charge in [-0.15, -0.1) is 0 Å². The number of carbonyl (C=O) groups excluding carboxylic acids is 1. The Balaban J connectivity index is 1.16. The van der Waals surface area contributed by atoms with Gasteiger partial charge in [-0.3, -0.25) is 19.8 Å². The van der Waals surface area contributed by atoms with Crippen LogP contribution in [-0.2, 0) is 27.4 Å². The fraction of sp³-hybridized carbons (Fsp3) is 0.324. The van der Waals surface area contributed by atoms with Gasteiger partial charge >= 0.3 is 0 Å². The van der Waals surface area contributed by atoms with Crippen molar-refractivity contribution in [1.29, 1.82) is 0 Å². The highest BCUT2D eigenvalue weighted by Gasteiger charge is 2.34. The highest BCUT2D eigenvalue weighted by Crippen LogP contribution is 2.39. The molecule has 2 aliphatic heterocycles. The van der Waals surface area contributed by atoms with Crippen molar-refractivity contribution in [2.24, 2.45) is 0 Å². The van der Waals surface area contributed by atoms with E-state index in [4.69, 9.17) is 9.47 Å². The Bertz CT molecular complexity index is 1650. The number of aliphatic hydroxyl groups is 1. The Labute approximate surface area is 274 Å². The zero-order chi connectivity index (χ0) is 32.8. The Morgan fingerprint density at radius 3 is 2.23 bits per heavy atom. The molecule has 10 nitrogen and oxygen atoms in total. The molecular weight excluding hydrogens is 596 g/mol. The van der Waals surface area contributed by atoms with E-state index in [1.165, 1.54) is 6.92 Å². The first-order valence-corrected chi connectivity index (χ1v) is 16.0. The van der Waals surface area contributed by atoms with E-state index in [0.717, 1.165) is 71.8 Å². The second-order valence-electron chi connectivity index (χ2n) is 12.1. The van der Waals surface area contributed by atoms with Crippen LogP contribution in [0.25, 0.3) is 11.1 Å². The molecule has 2 heterocycles. The van der Waals surface area contributed by atoms with Gasteiger partial charge < -0.3 is 24.8 Å². The van der Waals surface area contributed by atoms with Crippen LogP contribution in [0.4, 0.5) is 11.4 Å². The predicted molar refractivity (Wildman–Crippen MR) is 180 cm³/mol. The summed E-state index contributed by atoms with van der Waals surface area (Å²) in [5.74, 6) is -0.0665. The van der Waals surface area contributed by atoms with Gasteiger partial charge in [0.2, 0.25) is 5.91 Å². The minimum absolute atomic E-state index is 0.00763. The summed E-state index contributed by atoms with van der Waals surface area (Å²) >= 11 is 0. The molecule has 2 saturated heterocycles. The zero-order valence-corrected chi connectivity index (χ0v) is 26.5. The van der Waals surface area contributed by atoms with Crippen LogP contribution in [0.5, 0.6) is 0 Å². The monoisotopic (exact) mass is 636 g/mol. The van der Waals surface area contributed by atoms with Gasteiger partial charge in [0, 0.05) is 76.0 Å². The van der Waals surface area contributed by atoms with Crippen molar-refractivity contribution < 1.29 is 24.3 Å². The van der Waals surface area contributed by atoms with E-state index >= 15 is 0 Å². The van der Waals surface area contributed by atoms with Gasteiger partial charge in [0.05, 0.1) is 23.7 Å². The molecule has 6 rings (SSSR count). The van der Waals surface area contributed by atoms with Crippen LogP contribution in [0, 0.1) is 10.1 Å². The van der Waals surface area contributed by atoms with Crippen molar-refractivity contribution >= 4 is 17.3 Å². The molecule has 2 N–H and O–H groups in total. The molecule has 0 aromatic heterocycles. The van der Waals surface area contributed by atoms with Gasteiger partial charge in [0.15, 0.2) is 6.29 Å². The van der Waals surface area contributed by atoms with E-state index in [0.29, 0.717) is 13.0 Å². The van der Waals surface area contributed by atoms with Crippen LogP contribution >= 0.6 is 0 Å². The summed E-state index contributed by atoms with van der Waals surface area (Å²) in [7, 11) is 0. The fourth-order valence-corrected chi connectivity index (χ4v) is 6.29. The van der Waals surface area contributed by atoms with E-state index in [1.54, 1.807) is 12.1 Å². The van der Waals surface area contributed by atoms with Gasteiger partial charge in [-0.2, -0.15) is 0 Å². The number of aliphatic hydroxyl groups excluding tert-OH is 1. The first-order valence-electron chi connectivity index (χ1n) is 16.0. The van der Waals surface area contributed by atoms with Gasteiger partial charge in [-0.05, 0) is 39.9 Å². The normalized spacial score (nSPS) is 20.1. The lowest BCUT2D eigenvalue weighted by Gasteiger charge is -2.41. The van der Waals surface area contributed by atoms with Crippen LogP contribution in [0.1, 0.15) is 48.0 Å². The molecule has 0 aliphatic carbocycles. The molecule has 0 bridgehead atoms. The molecule has 3 unspecified atom stereocenters. The number of benzene rings is 4. The minimum atomic E-state index is -0.554. The molecule has 1 amide bonds. The van der Waals surface area contributed by atoms with Crippen LogP contribution < -0.4 is 10.2 Å². The van der Waals surface area contributed by atoms with Crippen molar-refractivity contribution in [2.45, 2.75) is 45.0 Å². The maximum atomic E-state index is 11.5. The number of hydrogen-bond donors (Lipinski definition) is 2. The molecule has 0 saturated carbocycles. The number of anilines is 1. The van der Waals surface area contributed by atoms with Gasteiger partial charge in [-0.25, -0.2) is 0 Å². The van der Waals surface area contributed by atoms with Gasteiger partial charge in [0.25, 0.3) is 5.69 Å². The smallest absolute Gasteiger partial charge is 0.269 e. The summed E-state index contributed by atoms with van der Waals surface area (Å²) in [6.45, 7) is 6.08. The summed E-state index contributed by atoms with van der Waals surface area (Å²) in [5, 5.41) is 23.5. The zero-order valence-electron chi connectivity index (χ0n) is 26.5. The molecular formula is C37H40N4O6. The van der Waals surface area contributed by atoms with E-state index < -0.39 is 6.29 Å². The summed E-state index contributed by atoms with van der Waals surface area (Å²) in [5.41, 5.74) is 7.07. The number of nitrogens with zero attached hydrogens (tertiary/aromatic N) is 3. The Morgan fingerprint density at radius 2 is 1.57 bits per heavy atom. The number of non-ortho nitro benzene ring substituents is 1. The molecule has 4 aromatic carbocycles. The van der Waals surface area contributed by atoms with Crippen molar-refractivity contribution in [3.8, 4) is 11.1 Å². The topological polar surface area (TPSA) is 117 Å². The predicted octanol–water partition coefficient (Wildman–Crippen LogP) is 5.76. The Morgan fingerprint density at radius 1 is 0.894 bits per heavy atom. The van der Waals surface area contributed by atoms with Crippen molar-refractivity contribution in [3.05, 3.63) is 129 Å². The van der Waals surface area contributed by atoms with Crippen molar-refractivity contribution in [1.82, 2.24) is 10.2 Å². The van der Waals surface area contributed by atoms with Crippen molar-refractivity contribution in [2.75, 3.05) is 37.6 Å². The van der Waals surface area contributed by atoms with Crippen LogP contribution in [-0.4, -0.2) is 59.7 Å². The van der Waals surface area contributed by atoms with Crippen LogP contribution in [0.3, 0.4) is 0 Å². The summed E-state index contributed by atoms with van der Waals surface area (Å²) < 4.78 is 13.2. The molecule has 2 fully saturated rings. The highest BCUT2D eigenvalue weighted by molar-refractivity contribution is 5.74. The molecule has 0 radical (unpaired) electrons. The number of piperazine rings is 1. The second kappa shape index (κ2) is 14.9. The largest absolute Gasteiger partial charge is 0.392 e. The average molecular weight is 637 g/mol. The van der Waals surface area contributed by atoms with Gasteiger partial charge in [0.1, 0.15) is 0 Å². The van der Waals surface area contributed by atoms with Gasteiger partial charge in [-0.1, -0.05) is 72.8 Å². The minimum Gasteiger partial charge on any atom is -0.392 e. The molecule has 47 heavy (non-hydrogen) atoms. The van der Waals surface area contributed by atoms with E-state index in [-0.39, 0.29) is 35.3 Å². The van der Waals surface area contributed by atoms with Crippen molar-refractivity contribution in [3.63, 3.8) is 0 Å². The SMILES string of the molecule is CC(=O)NCc1ccccc1-c1ccc(C2OC(CN3CCN(c4ccc([N+](=O)[O-])cc4)CC3)CC(c3ccc(CO)cc3)O2)cc1. The molecule has 2 aliphatic rings. The Kier molecular flexibility index (Phi) is 10.2. The third-order valence-electron chi connectivity index (χ3n) is 8.91. The second-order valence-corrected chi connectivity index (χ2v) is 12.1. The summed E-state index contributed by atoms with van der Waals surface area (Å²) in [6.07, 6.45) is -0.0980. The molecule has 4 aromatic rings. The summed E-state index contributed by atoms with van der Waals surface area (Å²) in [6, 6.07) is 31.0. The lowest BCUT2D eigenvalue weighted by atomic mass is 9.97. The van der Waals surface area contributed by atoms with Crippen LogP contribution in [0.15, 0.2) is 97.1 Å². The third kappa shape index (κ3) is 8.04. The molecule has 10 heteroatoms. The maximum absolute atomic E-state index is 11.5. The first kappa shape index (κ1) is 32.3. The van der Waals surface area contributed by atoms with E-state index in [2.05, 4.69) is 33.3 Å². The number of ether oxygens (including phenoxy) is 2. The summed E-state index contributed by atoms with van der Waals surface area (Å²) in [4.78, 5) is 26.9. The quantitative estimate of drug-likeness (QED) is 0.167. The number of nitro benzene ring substituents is 1.